The first-order chi connectivity index (χ1) is 9.72. The largest absolute Gasteiger partial charge is 0.508 e. The van der Waals surface area contributed by atoms with E-state index >= 15 is 0 Å². The van der Waals surface area contributed by atoms with E-state index in [1.54, 1.807) is 36.4 Å². The highest BCUT2D eigenvalue weighted by molar-refractivity contribution is 5.55. The second-order valence-corrected chi connectivity index (χ2v) is 4.33. The summed E-state index contributed by atoms with van der Waals surface area (Å²) in [5.41, 5.74) is 1.13. The van der Waals surface area contributed by atoms with E-state index in [1.807, 2.05) is 0 Å². The topological polar surface area (TPSA) is 59.2 Å². The molecule has 0 spiro atoms. The van der Waals surface area contributed by atoms with Gasteiger partial charge in [0.15, 0.2) is 5.82 Å². The Morgan fingerprint density at radius 1 is 1.10 bits per heavy atom. The fourth-order valence-corrected chi connectivity index (χ4v) is 1.89. The molecule has 0 amide bonds. The molecule has 0 atom stereocenters. The van der Waals surface area contributed by atoms with Crippen LogP contribution in [0.1, 0.15) is 11.4 Å². The normalized spacial score (nSPS) is 10.7. The number of aromatic nitrogens is 2. The fourth-order valence-electron chi connectivity index (χ4n) is 1.89. The second-order valence-electron chi connectivity index (χ2n) is 4.33. The average Bonchev–Trinajstić information content (AvgIpc) is 2.90. The smallest absolute Gasteiger partial charge is 0.258 e. The number of benzene rings is 2. The third-order valence-corrected chi connectivity index (χ3v) is 2.87. The van der Waals surface area contributed by atoms with Crippen molar-refractivity contribution in [1.82, 2.24) is 10.1 Å². The van der Waals surface area contributed by atoms with E-state index in [-0.39, 0.29) is 18.0 Å². The molecule has 0 aliphatic heterocycles. The zero-order valence-electron chi connectivity index (χ0n) is 10.5. The van der Waals surface area contributed by atoms with Crippen molar-refractivity contribution in [2.75, 3.05) is 0 Å². The van der Waals surface area contributed by atoms with E-state index in [4.69, 9.17) is 4.52 Å². The third kappa shape index (κ3) is 2.51. The van der Waals surface area contributed by atoms with Gasteiger partial charge in [0.2, 0.25) is 0 Å². The van der Waals surface area contributed by atoms with Gasteiger partial charge in [0.1, 0.15) is 11.6 Å². The van der Waals surface area contributed by atoms with Crippen LogP contribution in [0.25, 0.3) is 11.5 Å². The maximum absolute atomic E-state index is 13.5. The van der Waals surface area contributed by atoms with Gasteiger partial charge in [-0.05, 0) is 29.8 Å². The molecule has 0 bridgehead atoms. The lowest BCUT2D eigenvalue weighted by Crippen LogP contribution is -1.94. The Balaban J connectivity index is 1.86. The number of hydrogen-bond acceptors (Lipinski definition) is 4. The fraction of sp³-hybridized carbons (Fsp3) is 0.0667. The van der Waals surface area contributed by atoms with E-state index in [2.05, 4.69) is 10.1 Å². The molecule has 0 fully saturated rings. The van der Waals surface area contributed by atoms with E-state index in [9.17, 15) is 9.50 Å². The molecule has 1 N–H and O–H groups in total. The Kier molecular flexibility index (Phi) is 3.16. The second kappa shape index (κ2) is 5.13. The van der Waals surface area contributed by atoms with Crippen LogP contribution in [0.5, 0.6) is 5.75 Å². The first-order valence-electron chi connectivity index (χ1n) is 6.08. The molecule has 4 nitrogen and oxygen atoms in total. The predicted octanol–water partition coefficient (Wildman–Crippen LogP) is 3.17. The minimum atomic E-state index is -0.295. The highest BCUT2D eigenvalue weighted by atomic mass is 19.1. The number of nitrogens with zero attached hydrogens (tertiary/aromatic N) is 2. The molecule has 0 saturated heterocycles. The van der Waals surface area contributed by atoms with E-state index in [0.29, 0.717) is 22.8 Å². The summed E-state index contributed by atoms with van der Waals surface area (Å²) in [6.45, 7) is 0. The van der Waals surface area contributed by atoms with Gasteiger partial charge < -0.3 is 9.63 Å². The Bertz CT molecular complexity index is 740. The summed E-state index contributed by atoms with van der Waals surface area (Å²) in [6.07, 6.45) is 0.259. The van der Waals surface area contributed by atoms with Gasteiger partial charge in [-0.25, -0.2) is 4.39 Å². The first-order valence-corrected chi connectivity index (χ1v) is 6.08. The maximum Gasteiger partial charge on any atom is 0.258 e. The lowest BCUT2D eigenvalue weighted by Gasteiger charge is -1.97. The van der Waals surface area contributed by atoms with Gasteiger partial charge in [-0.1, -0.05) is 29.4 Å². The van der Waals surface area contributed by atoms with Crippen LogP contribution < -0.4 is 0 Å². The molecule has 20 heavy (non-hydrogen) atoms. The molecule has 1 aromatic heterocycles. The van der Waals surface area contributed by atoms with Crippen molar-refractivity contribution in [3.8, 4) is 17.2 Å². The Labute approximate surface area is 114 Å². The zero-order chi connectivity index (χ0) is 13.9. The number of hydrogen-bond donors (Lipinski definition) is 1. The van der Waals surface area contributed by atoms with Crippen molar-refractivity contribution < 1.29 is 14.0 Å². The first kappa shape index (κ1) is 12.3. The van der Waals surface area contributed by atoms with Crippen LogP contribution >= 0.6 is 0 Å². The minimum absolute atomic E-state index is 0.122. The molecular weight excluding hydrogens is 259 g/mol. The summed E-state index contributed by atoms with van der Waals surface area (Å²) in [4.78, 5) is 4.20. The van der Waals surface area contributed by atoms with E-state index < -0.39 is 0 Å². The molecule has 100 valence electrons. The minimum Gasteiger partial charge on any atom is -0.508 e. The standard InChI is InChI=1S/C15H11FN2O2/c16-13-7-2-1-4-10(13)9-14-17-15(20-18-14)11-5-3-6-12(19)8-11/h1-8,19H,9H2. The molecule has 3 aromatic rings. The van der Waals surface area contributed by atoms with Crippen molar-refractivity contribution in [3.63, 3.8) is 0 Å². The molecule has 0 radical (unpaired) electrons. The summed E-state index contributed by atoms with van der Waals surface area (Å²) in [6, 6.07) is 13.0. The highest BCUT2D eigenvalue weighted by Crippen LogP contribution is 2.22. The lowest BCUT2D eigenvalue weighted by atomic mass is 10.1. The third-order valence-electron chi connectivity index (χ3n) is 2.87. The molecular formula is C15H11FN2O2. The summed E-state index contributed by atoms with van der Waals surface area (Å²) in [5.74, 6) is 0.522. The van der Waals surface area contributed by atoms with Crippen molar-refractivity contribution in [2.45, 2.75) is 6.42 Å². The average molecular weight is 270 g/mol. The number of rotatable bonds is 3. The van der Waals surface area contributed by atoms with Crippen molar-refractivity contribution in [3.05, 3.63) is 65.7 Å². The molecule has 5 heteroatoms. The van der Waals surface area contributed by atoms with Crippen LogP contribution in [0.15, 0.2) is 53.1 Å². The molecule has 3 rings (SSSR count). The van der Waals surface area contributed by atoms with Crippen LogP contribution in [-0.4, -0.2) is 15.2 Å². The molecule has 1 heterocycles. The van der Waals surface area contributed by atoms with Crippen LogP contribution in [0.4, 0.5) is 4.39 Å². The van der Waals surface area contributed by atoms with E-state index in [1.165, 1.54) is 12.1 Å². The number of phenols is 1. The van der Waals surface area contributed by atoms with Crippen LogP contribution in [0.3, 0.4) is 0 Å². The van der Waals surface area contributed by atoms with Crippen molar-refractivity contribution in [2.24, 2.45) is 0 Å². The number of aromatic hydroxyl groups is 1. The van der Waals surface area contributed by atoms with Gasteiger partial charge in [0, 0.05) is 12.0 Å². The van der Waals surface area contributed by atoms with Crippen LogP contribution in [0, 0.1) is 5.82 Å². The summed E-state index contributed by atoms with van der Waals surface area (Å²) in [7, 11) is 0. The molecule has 0 saturated carbocycles. The van der Waals surface area contributed by atoms with Gasteiger partial charge in [-0.2, -0.15) is 4.98 Å². The van der Waals surface area contributed by atoms with Gasteiger partial charge >= 0.3 is 0 Å². The quantitative estimate of drug-likeness (QED) is 0.794. The SMILES string of the molecule is Oc1cccc(-c2nc(Cc3ccccc3F)no2)c1. The van der Waals surface area contributed by atoms with Gasteiger partial charge in [0.05, 0.1) is 0 Å². The lowest BCUT2D eigenvalue weighted by molar-refractivity contribution is 0.423. The van der Waals surface area contributed by atoms with Crippen molar-refractivity contribution >= 4 is 0 Å². The van der Waals surface area contributed by atoms with E-state index in [0.717, 1.165) is 0 Å². The number of phenolic OH excluding ortho intramolecular Hbond substituents is 1. The van der Waals surface area contributed by atoms with Crippen LogP contribution in [0.2, 0.25) is 0 Å². The maximum atomic E-state index is 13.5. The summed E-state index contributed by atoms with van der Waals surface area (Å²) in [5, 5.41) is 13.2. The Morgan fingerprint density at radius 3 is 2.75 bits per heavy atom. The highest BCUT2D eigenvalue weighted by Gasteiger charge is 2.11. The number of halogens is 1. The van der Waals surface area contributed by atoms with Gasteiger partial charge in [-0.3, -0.25) is 0 Å². The van der Waals surface area contributed by atoms with Crippen molar-refractivity contribution in [1.29, 1.82) is 0 Å². The Hall–Kier alpha value is -2.69. The molecule has 0 unspecified atom stereocenters. The van der Waals surface area contributed by atoms with Gasteiger partial charge in [0.25, 0.3) is 5.89 Å². The van der Waals surface area contributed by atoms with Crippen LogP contribution in [-0.2, 0) is 6.42 Å². The summed E-state index contributed by atoms with van der Waals surface area (Å²) < 4.78 is 18.7. The van der Waals surface area contributed by atoms with Gasteiger partial charge in [-0.15, -0.1) is 0 Å². The molecule has 2 aromatic carbocycles. The zero-order valence-corrected chi connectivity index (χ0v) is 10.5. The molecule has 0 aliphatic carbocycles. The summed E-state index contributed by atoms with van der Waals surface area (Å²) >= 11 is 0. The predicted molar refractivity (Wildman–Crippen MR) is 70.6 cm³/mol. The Morgan fingerprint density at radius 2 is 1.95 bits per heavy atom. The molecule has 0 aliphatic rings. The monoisotopic (exact) mass is 270 g/mol.